The smallest absolute Gasteiger partial charge is 0.267 e. The van der Waals surface area contributed by atoms with Gasteiger partial charge in [-0.15, -0.1) is 0 Å². The number of benzene rings is 2. The van der Waals surface area contributed by atoms with Crippen LogP contribution < -0.4 is 4.90 Å². The molecule has 27 heavy (non-hydrogen) atoms. The number of hydrogen-bond donors (Lipinski definition) is 0. The van der Waals surface area contributed by atoms with Crippen molar-refractivity contribution in [3.8, 4) is 0 Å². The summed E-state index contributed by atoms with van der Waals surface area (Å²) in [5, 5.41) is 0.538. The van der Waals surface area contributed by atoms with Crippen LogP contribution >= 0.6 is 11.6 Å². The van der Waals surface area contributed by atoms with Crippen LogP contribution in [0, 0.1) is 0 Å². The number of hydrogen-bond acceptors (Lipinski definition) is 4. The fourth-order valence-electron chi connectivity index (χ4n) is 3.52. The molecule has 1 amide bonds. The summed E-state index contributed by atoms with van der Waals surface area (Å²) in [5.41, 5.74) is 1.21. The number of carbonyl (C=O) groups is 1. The van der Waals surface area contributed by atoms with Gasteiger partial charge >= 0.3 is 0 Å². The van der Waals surface area contributed by atoms with Crippen LogP contribution in [0.4, 0.5) is 11.4 Å². The van der Waals surface area contributed by atoms with Gasteiger partial charge in [-0.1, -0.05) is 29.8 Å². The second-order valence-corrected chi connectivity index (χ2v) is 8.99. The molecule has 0 bridgehead atoms. The Labute approximate surface area is 163 Å². The molecule has 0 spiro atoms. The molecule has 5 nitrogen and oxygen atoms in total. The first kappa shape index (κ1) is 18.1. The number of sulfone groups is 1. The van der Waals surface area contributed by atoms with Crippen LogP contribution in [-0.2, 0) is 14.6 Å². The lowest BCUT2D eigenvalue weighted by molar-refractivity contribution is -0.127. The van der Waals surface area contributed by atoms with E-state index in [4.69, 9.17) is 11.6 Å². The average Bonchev–Trinajstić information content (AvgIpc) is 2.68. The van der Waals surface area contributed by atoms with Gasteiger partial charge < -0.3 is 9.80 Å². The Balaban J connectivity index is 1.86. The van der Waals surface area contributed by atoms with Gasteiger partial charge in [0.1, 0.15) is 0 Å². The number of anilines is 2. The lowest BCUT2D eigenvalue weighted by Gasteiger charge is -2.32. The van der Waals surface area contributed by atoms with Crippen LogP contribution in [0.25, 0.3) is 0 Å². The molecule has 2 aliphatic rings. The third-order valence-electron chi connectivity index (χ3n) is 4.89. The quantitative estimate of drug-likeness (QED) is 0.758. The molecule has 140 valence electrons. The summed E-state index contributed by atoms with van der Waals surface area (Å²) >= 11 is 6.13. The summed E-state index contributed by atoms with van der Waals surface area (Å²) in [7, 11) is -3.89. The SMILES string of the molecule is O=C(C1=CN(c2cccc(Cl)c2)c2ccccc2S1(=O)=O)N1CCCCC1. The van der Waals surface area contributed by atoms with Crippen molar-refractivity contribution in [3.63, 3.8) is 0 Å². The van der Waals surface area contributed by atoms with Crippen molar-refractivity contribution in [1.29, 1.82) is 0 Å². The molecule has 2 heterocycles. The van der Waals surface area contributed by atoms with Crippen molar-refractivity contribution in [1.82, 2.24) is 4.90 Å². The number of para-hydroxylation sites is 1. The number of rotatable bonds is 2. The van der Waals surface area contributed by atoms with Gasteiger partial charge in [-0.2, -0.15) is 0 Å². The van der Waals surface area contributed by atoms with Crippen LogP contribution in [0.1, 0.15) is 19.3 Å². The van der Waals surface area contributed by atoms with Gasteiger partial charge in [0.25, 0.3) is 5.91 Å². The second kappa shape index (κ2) is 7.02. The predicted molar refractivity (Wildman–Crippen MR) is 106 cm³/mol. The first-order chi connectivity index (χ1) is 13.0. The highest BCUT2D eigenvalue weighted by Gasteiger charge is 2.37. The summed E-state index contributed by atoms with van der Waals surface area (Å²) < 4.78 is 26.3. The first-order valence-corrected chi connectivity index (χ1v) is 10.7. The summed E-state index contributed by atoms with van der Waals surface area (Å²) in [5.74, 6) is -0.434. The van der Waals surface area contributed by atoms with E-state index >= 15 is 0 Å². The molecule has 0 radical (unpaired) electrons. The predicted octanol–water partition coefficient (Wildman–Crippen LogP) is 4.12. The van der Waals surface area contributed by atoms with E-state index < -0.39 is 15.7 Å². The van der Waals surface area contributed by atoms with Crippen molar-refractivity contribution in [2.75, 3.05) is 18.0 Å². The number of fused-ring (bicyclic) bond motifs is 1. The van der Waals surface area contributed by atoms with E-state index in [0.29, 0.717) is 29.5 Å². The molecule has 1 fully saturated rings. The largest absolute Gasteiger partial charge is 0.338 e. The number of likely N-dealkylation sites (tertiary alicyclic amines) is 1. The van der Waals surface area contributed by atoms with Gasteiger partial charge in [-0.3, -0.25) is 4.79 Å². The highest BCUT2D eigenvalue weighted by atomic mass is 35.5. The molecular weight excluding hydrogens is 384 g/mol. The van der Waals surface area contributed by atoms with Gasteiger partial charge in [0, 0.05) is 30.0 Å². The molecule has 2 aromatic rings. The average molecular weight is 403 g/mol. The maximum Gasteiger partial charge on any atom is 0.267 e. The molecule has 0 aromatic heterocycles. The van der Waals surface area contributed by atoms with E-state index in [1.807, 2.05) is 6.07 Å². The van der Waals surface area contributed by atoms with Crippen LogP contribution in [0.3, 0.4) is 0 Å². The molecule has 2 aromatic carbocycles. The third-order valence-corrected chi connectivity index (χ3v) is 6.91. The molecule has 4 rings (SSSR count). The molecule has 0 saturated carbocycles. The molecule has 1 saturated heterocycles. The molecule has 0 aliphatic carbocycles. The van der Waals surface area contributed by atoms with Gasteiger partial charge in [0.2, 0.25) is 9.84 Å². The zero-order valence-corrected chi connectivity index (χ0v) is 16.2. The standard InChI is InChI=1S/C20H19ClN2O3S/c21-15-7-6-8-16(13-15)23-14-19(20(24)22-11-4-1-5-12-22)27(25,26)18-10-3-2-9-17(18)23/h2-3,6-10,13-14H,1,4-5,11-12H2. The highest BCUT2D eigenvalue weighted by Crippen LogP contribution is 2.40. The van der Waals surface area contributed by atoms with E-state index in [1.165, 1.54) is 6.20 Å². The van der Waals surface area contributed by atoms with Crippen LogP contribution in [0.15, 0.2) is 64.5 Å². The second-order valence-electron chi connectivity index (χ2n) is 6.67. The minimum Gasteiger partial charge on any atom is -0.338 e. The van der Waals surface area contributed by atoms with Gasteiger partial charge in [-0.25, -0.2) is 8.42 Å². The van der Waals surface area contributed by atoms with Crippen molar-refractivity contribution in [2.24, 2.45) is 0 Å². The maximum absolute atomic E-state index is 13.2. The van der Waals surface area contributed by atoms with Crippen LogP contribution in [0.5, 0.6) is 0 Å². The van der Waals surface area contributed by atoms with E-state index in [0.717, 1.165) is 19.3 Å². The van der Waals surface area contributed by atoms with E-state index in [2.05, 4.69) is 0 Å². The Morgan fingerprint density at radius 2 is 1.70 bits per heavy atom. The fourth-order valence-corrected chi connectivity index (χ4v) is 5.24. The van der Waals surface area contributed by atoms with Crippen molar-refractivity contribution in [2.45, 2.75) is 24.2 Å². The zero-order chi connectivity index (χ0) is 19.0. The van der Waals surface area contributed by atoms with Crippen LogP contribution in [-0.4, -0.2) is 32.3 Å². The fraction of sp³-hybridized carbons (Fsp3) is 0.250. The molecule has 2 aliphatic heterocycles. The summed E-state index contributed by atoms with van der Waals surface area (Å²) in [4.78, 5) is 16.3. The highest BCUT2D eigenvalue weighted by molar-refractivity contribution is 7.96. The lowest BCUT2D eigenvalue weighted by atomic mass is 10.1. The maximum atomic E-state index is 13.2. The third kappa shape index (κ3) is 3.24. The Bertz CT molecular complexity index is 1030. The van der Waals surface area contributed by atoms with Gasteiger partial charge in [0.15, 0.2) is 4.91 Å². The Kier molecular flexibility index (Phi) is 4.70. The first-order valence-electron chi connectivity index (χ1n) is 8.88. The zero-order valence-electron chi connectivity index (χ0n) is 14.6. The number of halogens is 1. The van der Waals surface area contributed by atoms with Gasteiger partial charge in [-0.05, 0) is 49.6 Å². The van der Waals surface area contributed by atoms with E-state index in [1.54, 1.807) is 52.3 Å². The molecular formula is C20H19ClN2O3S. The Hall–Kier alpha value is -2.31. The van der Waals surface area contributed by atoms with E-state index in [-0.39, 0.29) is 9.80 Å². The number of piperidine rings is 1. The lowest BCUT2D eigenvalue weighted by Crippen LogP contribution is -2.39. The summed E-state index contributed by atoms with van der Waals surface area (Å²) in [6.45, 7) is 1.18. The number of carbonyl (C=O) groups excluding carboxylic acids is 1. The molecule has 0 unspecified atom stereocenters. The number of amides is 1. The molecule has 0 atom stereocenters. The minimum atomic E-state index is -3.89. The molecule has 7 heteroatoms. The number of nitrogens with zero attached hydrogens (tertiary/aromatic N) is 2. The van der Waals surface area contributed by atoms with Crippen molar-refractivity contribution < 1.29 is 13.2 Å². The van der Waals surface area contributed by atoms with Crippen LogP contribution in [0.2, 0.25) is 5.02 Å². The monoisotopic (exact) mass is 402 g/mol. The normalized spacial score (nSPS) is 18.6. The van der Waals surface area contributed by atoms with E-state index in [9.17, 15) is 13.2 Å². The summed E-state index contributed by atoms with van der Waals surface area (Å²) in [6.07, 6.45) is 4.29. The topological polar surface area (TPSA) is 57.7 Å². The van der Waals surface area contributed by atoms with Crippen molar-refractivity contribution in [3.05, 3.63) is 64.7 Å². The Morgan fingerprint density at radius 1 is 0.963 bits per heavy atom. The Morgan fingerprint density at radius 3 is 2.44 bits per heavy atom. The minimum absolute atomic E-state index is 0.132. The molecule has 0 N–H and O–H groups in total. The van der Waals surface area contributed by atoms with Gasteiger partial charge in [0.05, 0.1) is 10.6 Å². The summed E-state index contributed by atoms with van der Waals surface area (Å²) in [6, 6.07) is 13.8. The van der Waals surface area contributed by atoms with Crippen molar-refractivity contribution >= 4 is 38.7 Å².